The largest absolute Gasteiger partial charge is 0.354 e. The van der Waals surface area contributed by atoms with Crippen molar-refractivity contribution in [2.75, 3.05) is 12.3 Å². The van der Waals surface area contributed by atoms with Crippen molar-refractivity contribution in [1.29, 1.82) is 0 Å². The summed E-state index contributed by atoms with van der Waals surface area (Å²) < 4.78 is 0. The van der Waals surface area contributed by atoms with Crippen LogP contribution in [0.1, 0.15) is 38.3 Å². The Labute approximate surface area is 210 Å². The Morgan fingerprint density at radius 1 is 1.03 bits per heavy atom. The lowest BCUT2D eigenvalue weighted by Gasteiger charge is -2.31. The van der Waals surface area contributed by atoms with Crippen LogP contribution >= 0.6 is 46.6 Å². The molecule has 2 aromatic rings. The highest BCUT2D eigenvalue weighted by atomic mass is 35.5. The fourth-order valence-corrected chi connectivity index (χ4v) is 4.64. The summed E-state index contributed by atoms with van der Waals surface area (Å²) in [5.74, 6) is 0.912. The minimum atomic E-state index is -0.573. The fraction of sp³-hybridized carbons (Fsp3) is 0.417. The molecule has 0 saturated heterocycles. The van der Waals surface area contributed by atoms with Crippen LogP contribution in [0, 0.1) is 5.92 Å². The minimum absolute atomic E-state index is 0.111. The van der Waals surface area contributed by atoms with Gasteiger partial charge in [-0.2, -0.15) is 0 Å². The van der Waals surface area contributed by atoms with Crippen molar-refractivity contribution in [2.45, 2.75) is 45.5 Å². The molecular formula is C24H29Cl3N2O2S. The van der Waals surface area contributed by atoms with Gasteiger partial charge < -0.3 is 10.2 Å². The molecule has 2 aromatic carbocycles. The number of nitrogens with zero attached hydrogens (tertiary/aromatic N) is 1. The van der Waals surface area contributed by atoms with Crippen LogP contribution in [0.15, 0.2) is 42.5 Å². The van der Waals surface area contributed by atoms with Crippen molar-refractivity contribution in [3.05, 3.63) is 68.7 Å². The summed E-state index contributed by atoms with van der Waals surface area (Å²) in [5.41, 5.74) is 1.80. The van der Waals surface area contributed by atoms with E-state index in [0.29, 0.717) is 39.7 Å². The highest BCUT2D eigenvalue weighted by Crippen LogP contribution is 2.25. The second-order valence-corrected chi connectivity index (χ2v) is 10.1. The third-order valence-corrected chi connectivity index (χ3v) is 6.92. The SMILES string of the molecule is CC[C@@H](C(=O)NCC(C)C)N(Cc1ccc(Cl)c(Cl)c1)C(=O)CSCc1ccccc1Cl. The highest BCUT2D eigenvalue weighted by molar-refractivity contribution is 7.99. The summed E-state index contributed by atoms with van der Waals surface area (Å²) in [6.07, 6.45) is 0.506. The lowest BCUT2D eigenvalue weighted by molar-refractivity contribution is -0.139. The van der Waals surface area contributed by atoms with Gasteiger partial charge in [-0.25, -0.2) is 0 Å². The average Bonchev–Trinajstić information content (AvgIpc) is 2.75. The summed E-state index contributed by atoms with van der Waals surface area (Å²) in [5, 5.41) is 4.51. The second-order valence-electron chi connectivity index (χ2n) is 7.92. The molecule has 2 amide bonds. The van der Waals surface area contributed by atoms with Gasteiger partial charge in [-0.1, -0.05) is 79.8 Å². The van der Waals surface area contributed by atoms with Crippen molar-refractivity contribution in [2.24, 2.45) is 5.92 Å². The topological polar surface area (TPSA) is 49.4 Å². The van der Waals surface area contributed by atoms with Gasteiger partial charge >= 0.3 is 0 Å². The number of thioether (sulfide) groups is 1. The van der Waals surface area contributed by atoms with Crippen molar-refractivity contribution in [3.8, 4) is 0 Å². The monoisotopic (exact) mass is 514 g/mol. The number of carbonyl (C=O) groups excluding carboxylic acids is 2. The number of halogens is 3. The maximum absolute atomic E-state index is 13.3. The number of carbonyl (C=O) groups is 2. The molecule has 8 heteroatoms. The van der Waals surface area contributed by atoms with Gasteiger partial charge in [0.25, 0.3) is 0 Å². The Morgan fingerprint density at radius 2 is 1.75 bits per heavy atom. The van der Waals surface area contributed by atoms with Crippen molar-refractivity contribution < 1.29 is 9.59 Å². The zero-order chi connectivity index (χ0) is 23.7. The van der Waals surface area contributed by atoms with Gasteiger partial charge in [0.1, 0.15) is 6.04 Å². The van der Waals surface area contributed by atoms with Crippen LogP contribution in [0.25, 0.3) is 0 Å². The van der Waals surface area contributed by atoms with E-state index < -0.39 is 6.04 Å². The van der Waals surface area contributed by atoms with E-state index >= 15 is 0 Å². The van der Waals surface area contributed by atoms with E-state index in [1.165, 1.54) is 11.8 Å². The second kappa shape index (κ2) is 13.3. The predicted molar refractivity (Wildman–Crippen MR) is 137 cm³/mol. The molecule has 0 aliphatic rings. The first-order valence-corrected chi connectivity index (χ1v) is 12.8. The normalized spacial score (nSPS) is 12.0. The van der Waals surface area contributed by atoms with E-state index in [-0.39, 0.29) is 24.1 Å². The zero-order valence-electron chi connectivity index (χ0n) is 18.5. The molecule has 0 aromatic heterocycles. The molecule has 0 heterocycles. The molecule has 0 radical (unpaired) electrons. The first-order valence-electron chi connectivity index (χ1n) is 10.5. The first-order chi connectivity index (χ1) is 15.2. The molecular weight excluding hydrogens is 487 g/mol. The summed E-state index contributed by atoms with van der Waals surface area (Å²) >= 11 is 19.9. The zero-order valence-corrected chi connectivity index (χ0v) is 21.6. The summed E-state index contributed by atoms with van der Waals surface area (Å²) in [7, 11) is 0. The average molecular weight is 516 g/mol. The Morgan fingerprint density at radius 3 is 2.38 bits per heavy atom. The molecule has 4 nitrogen and oxygen atoms in total. The Balaban J connectivity index is 2.16. The highest BCUT2D eigenvalue weighted by Gasteiger charge is 2.28. The van der Waals surface area contributed by atoms with Gasteiger partial charge in [0.2, 0.25) is 11.8 Å². The van der Waals surface area contributed by atoms with E-state index in [9.17, 15) is 9.59 Å². The van der Waals surface area contributed by atoms with Gasteiger partial charge in [-0.15, -0.1) is 11.8 Å². The van der Waals surface area contributed by atoms with Crippen molar-refractivity contribution in [1.82, 2.24) is 10.2 Å². The van der Waals surface area contributed by atoms with E-state index in [4.69, 9.17) is 34.8 Å². The molecule has 0 aliphatic carbocycles. The third-order valence-electron chi connectivity index (χ3n) is 4.85. The number of benzene rings is 2. The predicted octanol–water partition coefficient (Wildman–Crippen LogP) is 6.46. The van der Waals surface area contributed by atoms with E-state index in [1.54, 1.807) is 17.0 Å². The van der Waals surface area contributed by atoms with Crippen LogP contribution in [-0.2, 0) is 21.9 Å². The molecule has 0 bridgehead atoms. The minimum Gasteiger partial charge on any atom is -0.354 e. The molecule has 32 heavy (non-hydrogen) atoms. The maximum atomic E-state index is 13.3. The van der Waals surface area contributed by atoms with E-state index in [1.807, 2.05) is 51.1 Å². The van der Waals surface area contributed by atoms with Gasteiger partial charge in [0.15, 0.2) is 0 Å². The van der Waals surface area contributed by atoms with Crippen LogP contribution in [-0.4, -0.2) is 35.1 Å². The van der Waals surface area contributed by atoms with Gasteiger partial charge in [-0.05, 0) is 41.7 Å². The molecule has 0 spiro atoms. The molecule has 2 rings (SSSR count). The van der Waals surface area contributed by atoms with Crippen LogP contribution in [0.5, 0.6) is 0 Å². The number of nitrogens with one attached hydrogen (secondary N) is 1. The van der Waals surface area contributed by atoms with Crippen molar-refractivity contribution >= 4 is 58.4 Å². The molecule has 0 aliphatic heterocycles. The number of hydrogen-bond acceptors (Lipinski definition) is 3. The molecule has 1 N–H and O–H groups in total. The van der Waals surface area contributed by atoms with Crippen molar-refractivity contribution in [3.63, 3.8) is 0 Å². The van der Waals surface area contributed by atoms with E-state index in [0.717, 1.165) is 11.1 Å². The third kappa shape index (κ3) is 8.18. The summed E-state index contributed by atoms with van der Waals surface area (Å²) in [6, 6.07) is 12.3. The fourth-order valence-electron chi connectivity index (χ4n) is 3.12. The Hall–Kier alpha value is -1.40. The number of rotatable bonds is 11. The lowest BCUT2D eigenvalue weighted by Crippen LogP contribution is -2.50. The first kappa shape index (κ1) is 26.8. The smallest absolute Gasteiger partial charge is 0.242 e. The molecule has 174 valence electrons. The van der Waals surface area contributed by atoms with Gasteiger partial charge in [-0.3, -0.25) is 9.59 Å². The number of amides is 2. The Bertz CT molecular complexity index is 924. The van der Waals surface area contributed by atoms with Crippen LogP contribution in [0.4, 0.5) is 0 Å². The molecule has 0 fully saturated rings. The van der Waals surface area contributed by atoms with Crippen LogP contribution < -0.4 is 5.32 Å². The molecule has 0 saturated carbocycles. The number of hydrogen-bond donors (Lipinski definition) is 1. The maximum Gasteiger partial charge on any atom is 0.242 e. The van der Waals surface area contributed by atoms with Crippen LogP contribution in [0.3, 0.4) is 0 Å². The molecule has 0 unspecified atom stereocenters. The van der Waals surface area contributed by atoms with Crippen LogP contribution in [0.2, 0.25) is 15.1 Å². The standard InChI is InChI=1S/C24H29Cl3N2O2S/c1-4-22(24(31)28-12-16(2)3)29(13-17-9-10-20(26)21(27)11-17)23(30)15-32-14-18-7-5-6-8-19(18)25/h5-11,16,22H,4,12-15H2,1-3H3,(H,28,31)/t22-/m0/s1. The summed E-state index contributed by atoms with van der Waals surface area (Å²) in [4.78, 5) is 27.8. The van der Waals surface area contributed by atoms with Gasteiger partial charge in [0.05, 0.1) is 15.8 Å². The quantitative estimate of drug-likeness (QED) is 0.373. The molecule has 1 atom stereocenters. The van der Waals surface area contributed by atoms with E-state index in [2.05, 4.69) is 5.32 Å². The summed E-state index contributed by atoms with van der Waals surface area (Å²) in [6.45, 7) is 6.81. The Kier molecular flexibility index (Phi) is 11.2. The lowest BCUT2D eigenvalue weighted by atomic mass is 10.1. The van der Waals surface area contributed by atoms with Gasteiger partial charge in [0, 0.05) is 23.9 Å².